The van der Waals surface area contributed by atoms with Crippen molar-refractivity contribution in [2.75, 3.05) is 11.9 Å². The molecule has 0 aromatic heterocycles. The van der Waals surface area contributed by atoms with Gasteiger partial charge in [0.1, 0.15) is 0 Å². The Morgan fingerprint density at radius 1 is 1.27 bits per heavy atom. The molecule has 0 bridgehead atoms. The molecule has 15 heavy (non-hydrogen) atoms. The molecule has 1 aromatic carbocycles. The van der Waals surface area contributed by atoms with Crippen LogP contribution in [-0.2, 0) is 0 Å². The van der Waals surface area contributed by atoms with Gasteiger partial charge < -0.3 is 10.0 Å². The quantitative estimate of drug-likeness (QED) is 0.912. The SMILES string of the molecule is CC(O)c1ccc(N(C)C(C)C)c(Br)c1. The summed E-state index contributed by atoms with van der Waals surface area (Å²) < 4.78 is 1.03. The Hall–Kier alpha value is -0.540. The van der Waals surface area contributed by atoms with Crippen LogP contribution >= 0.6 is 15.9 Å². The molecule has 0 aliphatic carbocycles. The van der Waals surface area contributed by atoms with Crippen molar-refractivity contribution in [3.8, 4) is 0 Å². The molecule has 2 nitrogen and oxygen atoms in total. The normalized spacial score (nSPS) is 13.0. The summed E-state index contributed by atoms with van der Waals surface area (Å²) in [5, 5.41) is 9.45. The molecule has 0 saturated carbocycles. The van der Waals surface area contributed by atoms with Crippen molar-refractivity contribution >= 4 is 21.6 Å². The first-order chi connectivity index (χ1) is 6.93. The van der Waals surface area contributed by atoms with Gasteiger partial charge in [0.15, 0.2) is 0 Å². The summed E-state index contributed by atoms with van der Waals surface area (Å²) in [6, 6.07) is 6.42. The minimum absolute atomic E-state index is 0.417. The van der Waals surface area contributed by atoms with E-state index in [2.05, 4.69) is 41.7 Å². The fourth-order valence-corrected chi connectivity index (χ4v) is 2.02. The Bertz CT molecular complexity index is 336. The van der Waals surface area contributed by atoms with Crippen LogP contribution in [0.4, 0.5) is 5.69 Å². The summed E-state index contributed by atoms with van der Waals surface area (Å²) in [5.41, 5.74) is 2.08. The minimum Gasteiger partial charge on any atom is -0.389 e. The average molecular weight is 272 g/mol. The van der Waals surface area contributed by atoms with Crippen LogP contribution in [0.5, 0.6) is 0 Å². The molecule has 0 spiro atoms. The number of nitrogens with zero attached hydrogens (tertiary/aromatic N) is 1. The topological polar surface area (TPSA) is 23.5 Å². The Balaban J connectivity index is 3.03. The van der Waals surface area contributed by atoms with Gasteiger partial charge in [-0.3, -0.25) is 0 Å². The van der Waals surface area contributed by atoms with Gasteiger partial charge in [0.05, 0.1) is 11.8 Å². The molecule has 1 unspecified atom stereocenters. The van der Waals surface area contributed by atoms with E-state index in [9.17, 15) is 5.11 Å². The van der Waals surface area contributed by atoms with E-state index in [-0.39, 0.29) is 0 Å². The predicted octanol–water partition coefficient (Wildman–Crippen LogP) is 3.35. The maximum absolute atomic E-state index is 9.45. The van der Waals surface area contributed by atoms with Gasteiger partial charge >= 0.3 is 0 Å². The summed E-state index contributed by atoms with van der Waals surface area (Å²) >= 11 is 3.53. The van der Waals surface area contributed by atoms with E-state index in [0.29, 0.717) is 6.04 Å². The average Bonchev–Trinajstić information content (AvgIpc) is 2.16. The second kappa shape index (κ2) is 4.99. The van der Waals surface area contributed by atoms with Gasteiger partial charge in [-0.1, -0.05) is 6.07 Å². The highest BCUT2D eigenvalue weighted by Gasteiger charge is 2.10. The molecule has 0 saturated heterocycles. The lowest BCUT2D eigenvalue weighted by Crippen LogP contribution is -2.25. The Labute approximate surface area is 100 Å². The summed E-state index contributed by atoms with van der Waals surface area (Å²) in [6.07, 6.45) is -0.417. The van der Waals surface area contributed by atoms with Crippen molar-refractivity contribution in [3.63, 3.8) is 0 Å². The molecular weight excluding hydrogens is 254 g/mol. The number of hydrogen-bond acceptors (Lipinski definition) is 2. The Morgan fingerprint density at radius 2 is 1.87 bits per heavy atom. The predicted molar refractivity (Wildman–Crippen MR) is 68.3 cm³/mol. The van der Waals surface area contributed by atoms with Crippen molar-refractivity contribution in [1.29, 1.82) is 0 Å². The molecule has 0 aliphatic heterocycles. The van der Waals surface area contributed by atoms with E-state index in [0.717, 1.165) is 15.7 Å². The summed E-state index contributed by atoms with van der Waals surface area (Å²) in [6.45, 7) is 6.07. The maximum Gasteiger partial charge on any atom is 0.0762 e. The molecule has 0 radical (unpaired) electrons. The number of anilines is 1. The highest BCUT2D eigenvalue weighted by molar-refractivity contribution is 9.10. The molecule has 3 heteroatoms. The molecule has 1 N–H and O–H groups in total. The zero-order valence-electron chi connectivity index (χ0n) is 9.66. The van der Waals surface area contributed by atoms with Crippen molar-refractivity contribution in [1.82, 2.24) is 0 Å². The highest BCUT2D eigenvalue weighted by Crippen LogP contribution is 2.29. The standard InChI is InChI=1S/C12H18BrNO/c1-8(2)14(4)12-6-5-10(9(3)15)7-11(12)13/h5-9,15H,1-4H3. The van der Waals surface area contributed by atoms with Gasteiger partial charge in [0.2, 0.25) is 0 Å². The van der Waals surface area contributed by atoms with E-state index in [1.165, 1.54) is 0 Å². The molecule has 1 atom stereocenters. The Morgan fingerprint density at radius 3 is 2.27 bits per heavy atom. The first kappa shape index (κ1) is 12.5. The number of aliphatic hydroxyl groups is 1. The van der Waals surface area contributed by atoms with E-state index in [4.69, 9.17) is 0 Å². The first-order valence-electron chi connectivity index (χ1n) is 5.13. The maximum atomic E-state index is 9.45. The third kappa shape index (κ3) is 2.95. The van der Waals surface area contributed by atoms with Gasteiger partial charge in [0, 0.05) is 17.6 Å². The largest absolute Gasteiger partial charge is 0.389 e. The number of rotatable bonds is 3. The van der Waals surface area contributed by atoms with Crippen molar-refractivity contribution in [3.05, 3.63) is 28.2 Å². The molecule has 0 amide bonds. The van der Waals surface area contributed by atoms with Crippen LogP contribution < -0.4 is 4.90 Å². The second-order valence-corrected chi connectivity index (χ2v) is 4.95. The lowest BCUT2D eigenvalue weighted by Gasteiger charge is -2.25. The van der Waals surface area contributed by atoms with Gasteiger partial charge in [-0.15, -0.1) is 0 Å². The Kier molecular flexibility index (Phi) is 4.17. The first-order valence-corrected chi connectivity index (χ1v) is 5.93. The molecule has 0 heterocycles. The second-order valence-electron chi connectivity index (χ2n) is 4.09. The molecular formula is C12H18BrNO. The molecule has 84 valence electrons. The fourth-order valence-electron chi connectivity index (χ4n) is 1.35. The van der Waals surface area contributed by atoms with E-state index >= 15 is 0 Å². The summed E-state index contributed by atoms with van der Waals surface area (Å²) in [7, 11) is 2.06. The number of aliphatic hydroxyl groups excluding tert-OH is 1. The minimum atomic E-state index is -0.417. The monoisotopic (exact) mass is 271 g/mol. The number of hydrogen-bond donors (Lipinski definition) is 1. The lowest BCUT2D eigenvalue weighted by atomic mass is 10.1. The van der Waals surface area contributed by atoms with Gasteiger partial charge in [-0.2, -0.15) is 0 Å². The number of benzene rings is 1. The van der Waals surface area contributed by atoms with Crippen LogP contribution in [0, 0.1) is 0 Å². The summed E-state index contributed by atoms with van der Waals surface area (Å²) in [4.78, 5) is 2.19. The molecule has 1 rings (SSSR count). The van der Waals surface area contributed by atoms with Crippen molar-refractivity contribution in [2.24, 2.45) is 0 Å². The van der Waals surface area contributed by atoms with E-state index in [1.807, 2.05) is 18.2 Å². The fraction of sp³-hybridized carbons (Fsp3) is 0.500. The lowest BCUT2D eigenvalue weighted by molar-refractivity contribution is 0.199. The number of halogens is 1. The van der Waals surface area contributed by atoms with Crippen molar-refractivity contribution < 1.29 is 5.11 Å². The van der Waals surface area contributed by atoms with Crippen LogP contribution in [0.3, 0.4) is 0 Å². The van der Waals surface area contributed by atoms with Crippen LogP contribution in [0.1, 0.15) is 32.4 Å². The van der Waals surface area contributed by atoms with Crippen LogP contribution in [0.2, 0.25) is 0 Å². The van der Waals surface area contributed by atoms with E-state index < -0.39 is 6.10 Å². The zero-order valence-corrected chi connectivity index (χ0v) is 11.2. The van der Waals surface area contributed by atoms with Gasteiger partial charge in [-0.25, -0.2) is 0 Å². The third-order valence-electron chi connectivity index (χ3n) is 2.61. The molecule has 0 aliphatic rings. The van der Waals surface area contributed by atoms with Gasteiger partial charge in [-0.05, 0) is 54.4 Å². The third-order valence-corrected chi connectivity index (χ3v) is 3.24. The van der Waals surface area contributed by atoms with Crippen molar-refractivity contribution in [2.45, 2.75) is 32.9 Å². The molecule has 1 aromatic rings. The smallest absolute Gasteiger partial charge is 0.0762 e. The van der Waals surface area contributed by atoms with Crippen LogP contribution in [0.15, 0.2) is 22.7 Å². The van der Waals surface area contributed by atoms with Gasteiger partial charge in [0.25, 0.3) is 0 Å². The summed E-state index contributed by atoms with van der Waals surface area (Å²) in [5.74, 6) is 0. The van der Waals surface area contributed by atoms with E-state index in [1.54, 1.807) is 6.92 Å². The van der Waals surface area contributed by atoms with Crippen LogP contribution in [-0.4, -0.2) is 18.2 Å². The molecule has 0 fully saturated rings. The zero-order chi connectivity index (χ0) is 11.6. The highest BCUT2D eigenvalue weighted by atomic mass is 79.9. The van der Waals surface area contributed by atoms with Crippen LogP contribution in [0.25, 0.3) is 0 Å².